The van der Waals surface area contributed by atoms with Gasteiger partial charge in [0.05, 0.1) is 14.4 Å². The van der Waals surface area contributed by atoms with Gasteiger partial charge in [-0.25, -0.2) is 0 Å². The zero-order valence-corrected chi connectivity index (χ0v) is 16.3. The summed E-state index contributed by atoms with van der Waals surface area (Å²) in [5.41, 5.74) is 3.47. The van der Waals surface area contributed by atoms with Crippen LogP contribution in [0.1, 0.15) is 53.4 Å². The summed E-state index contributed by atoms with van der Waals surface area (Å²) in [6.45, 7) is 7.62. The third kappa shape index (κ3) is 15.0. The highest BCUT2D eigenvalue weighted by molar-refractivity contribution is 7.58. The predicted molar refractivity (Wildman–Crippen MR) is 87.7 cm³/mol. The molecule has 0 saturated heterocycles. The summed E-state index contributed by atoms with van der Waals surface area (Å²) < 4.78 is 28.9. The molecular weight excluding hydrogens is 354 g/mol. The molecule has 7 nitrogen and oxygen atoms in total. The fourth-order valence-electron chi connectivity index (χ4n) is 1.76. The molecule has 0 heterocycles. The van der Waals surface area contributed by atoms with Crippen LogP contribution in [0.4, 0.5) is 0 Å². The fraction of sp³-hybridized carbons (Fsp3) is 0.600. The Morgan fingerprint density at radius 2 is 1.38 bits per heavy atom. The highest BCUT2D eigenvalue weighted by Gasteiger charge is 2.10. The molecule has 0 amide bonds. The van der Waals surface area contributed by atoms with Crippen LogP contribution in [0.25, 0.3) is 0 Å². The summed E-state index contributed by atoms with van der Waals surface area (Å²) in [6.07, 6.45) is 9.35. The molecule has 9 heteroatoms. The lowest BCUT2D eigenvalue weighted by Crippen LogP contribution is -2.19. The summed E-state index contributed by atoms with van der Waals surface area (Å²) in [5, 5.41) is 0. The van der Waals surface area contributed by atoms with Crippen molar-refractivity contribution in [2.24, 2.45) is 0 Å². The van der Waals surface area contributed by atoms with Gasteiger partial charge in [0.1, 0.15) is 0 Å². The average molecular weight is 379 g/mol. The van der Waals surface area contributed by atoms with E-state index in [0.29, 0.717) is 0 Å². The van der Waals surface area contributed by atoms with Gasteiger partial charge in [-0.05, 0) is 53.4 Å². The number of phosphoric acid groups is 2. The van der Waals surface area contributed by atoms with E-state index in [-0.39, 0.29) is 6.61 Å². The van der Waals surface area contributed by atoms with Crippen LogP contribution in [0.15, 0.2) is 34.9 Å². The van der Waals surface area contributed by atoms with Gasteiger partial charge in [0.2, 0.25) is 0 Å². The van der Waals surface area contributed by atoms with Crippen molar-refractivity contribution in [2.45, 2.75) is 53.4 Å². The molecule has 0 saturated carbocycles. The Kier molecular flexibility index (Phi) is 10.9. The minimum Gasteiger partial charge on any atom is -0.790 e. The third-order valence-electron chi connectivity index (χ3n) is 2.99. The largest absolute Gasteiger partial charge is 0.790 e. The molecule has 0 fully saturated rings. The summed E-state index contributed by atoms with van der Waals surface area (Å²) in [5.74, 6) is 0. The molecule has 0 N–H and O–H groups in total. The lowest BCUT2D eigenvalue weighted by Gasteiger charge is -2.34. The van der Waals surface area contributed by atoms with Crippen molar-refractivity contribution < 1.29 is 32.6 Å². The molecule has 0 rings (SSSR count). The second-order valence-electron chi connectivity index (χ2n) is 5.73. The van der Waals surface area contributed by atoms with Gasteiger partial charge in [0.15, 0.2) is 0 Å². The Balaban J connectivity index is 4.18. The van der Waals surface area contributed by atoms with Crippen LogP contribution < -0.4 is 14.7 Å². The minimum atomic E-state index is -5.63. The van der Waals surface area contributed by atoms with Gasteiger partial charge in [0, 0.05) is 0 Å². The second-order valence-corrected chi connectivity index (χ2v) is 8.43. The zero-order valence-electron chi connectivity index (χ0n) is 14.5. The quantitative estimate of drug-likeness (QED) is 0.399. The number of hydrogen-bond donors (Lipinski definition) is 0. The lowest BCUT2D eigenvalue weighted by atomic mass is 10.1. The molecule has 0 aromatic rings. The van der Waals surface area contributed by atoms with Gasteiger partial charge in [-0.15, -0.1) is 0 Å². The summed E-state index contributed by atoms with van der Waals surface area (Å²) >= 11 is 0. The topological polar surface area (TPSA) is 122 Å². The molecule has 0 aliphatic rings. The maximum absolute atomic E-state index is 11.0. The van der Waals surface area contributed by atoms with E-state index in [0.717, 1.165) is 31.3 Å². The summed E-state index contributed by atoms with van der Waals surface area (Å²) in [4.78, 5) is 31.5. The van der Waals surface area contributed by atoms with Crippen molar-refractivity contribution in [3.63, 3.8) is 0 Å². The Morgan fingerprint density at radius 3 is 1.88 bits per heavy atom. The van der Waals surface area contributed by atoms with Crippen LogP contribution >= 0.6 is 15.6 Å². The van der Waals surface area contributed by atoms with Gasteiger partial charge in [-0.3, -0.25) is 8.88 Å². The van der Waals surface area contributed by atoms with E-state index in [9.17, 15) is 23.8 Å². The van der Waals surface area contributed by atoms with Crippen molar-refractivity contribution >= 4 is 15.6 Å². The lowest BCUT2D eigenvalue weighted by molar-refractivity contribution is -0.339. The van der Waals surface area contributed by atoms with Crippen molar-refractivity contribution in [2.75, 3.05) is 6.61 Å². The van der Waals surface area contributed by atoms with E-state index >= 15 is 0 Å². The summed E-state index contributed by atoms with van der Waals surface area (Å²) in [6, 6.07) is 0. The van der Waals surface area contributed by atoms with Crippen LogP contribution in [0.3, 0.4) is 0 Å². The van der Waals surface area contributed by atoms with Crippen LogP contribution in [0.2, 0.25) is 0 Å². The molecule has 140 valence electrons. The van der Waals surface area contributed by atoms with E-state index in [2.05, 4.69) is 41.8 Å². The minimum absolute atomic E-state index is 0.379. The first-order valence-corrected chi connectivity index (χ1v) is 10.5. The predicted octanol–water partition coefficient (Wildman–Crippen LogP) is 2.74. The molecule has 0 radical (unpaired) electrons. The van der Waals surface area contributed by atoms with Gasteiger partial charge >= 0.3 is 0 Å². The van der Waals surface area contributed by atoms with E-state index in [1.807, 2.05) is 0 Å². The standard InChI is InChI=1S/C15H28O7P2/c1-13(2)7-5-8-14(3)9-6-10-15(4)11-12-21-24(19,20)22-23(16,17)18/h7,9,11H,5-6,8,10,12H2,1-4H3,(H,19,20)(H2,16,17,18)/p-3/b14-9+,15-11-. The molecular formula is C15H25O7P2-3. The van der Waals surface area contributed by atoms with Gasteiger partial charge < -0.3 is 23.8 Å². The van der Waals surface area contributed by atoms with Crippen molar-refractivity contribution in [1.82, 2.24) is 0 Å². The molecule has 0 spiro atoms. The highest BCUT2D eigenvalue weighted by atomic mass is 31.3. The first-order chi connectivity index (χ1) is 10.9. The number of rotatable bonds is 11. The Bertz CT molecular complexity index is 568. The fourth-order valence-corrected chi connectivity index (χ4v) is 3.18. The SMILES string of the molecule is CC(C)=CCC/C(C)=C/CC/C(C)=C\COP(=O)([O-])OP(=O)([O-])[O-]. The number of hydrogen-bond acceptors (Lipinski definition) is 7. The van der Waals surface area contributed by atoms with Gasteiger partial charge in [-0.1, -0.05) is 34.9 Å². The maximum atomic E-state index is 11.0. The number of allylic oxidation sites excluding steroid dienone is 5. The normalized spacial score (nSPS) is 16.0. The molecule has 0 aromatic carbocycles. The second kappa shape index (κ2) is 11.2. The molecule has 1 unspecified atom stereocenters. The van der Waals surface area contributed by atoms with Crippen LogP contribution in [0, 0.1) is 0 Å². The molecule has 24 heavy (non-hydrogen) atoms. The van der Waals surface area contributed by atoms with E-state index in [1.54, 1.807) is 6.92 Å². The highest BCUT2D eigenvalue weighted by Crippen LogP contribution is 2.50. The van der Waals surface area contributed by atoms with Crippen LogP contribution in [-0.2, 0) is 18.0 Å². The molecule has 0 aromatic heterocycles. The van der Waals surface area contributed by atoms with Gasteiger partial charge in [0.25, 0.3) is 7.82 Å². The third-order valence-corrected chi connectivity index (χ3v) is 5.05. The Hall–Kier alpha value is -0.520. The van der Waals surface area contributed by atoms with Crippen LogP contribution in [-0.4, -0.2) is 6.61 Å². The monoisotopic (exact) mass is 379 g/mol. The van der Waals surface area contributed by atoms with Crippen molar-refractivity contribution in [1.29, 1.82) is 0 Å². The summed E-state index contributed by atoms with van der Waals surface area (Å²) in [7, 11) is -10.8. The van der Waals surface area contributed by atoms with Crippen molar-refractivity contribution in [3.05, 3.63) is 34.9 Å². The van der Waals surface area contributed by atoms with E-state index in [4.69, 9.17) is 0 Å². The maximum Gasteiger partial charge on any atom is 0.272 e. The van der Waals surface area contributed by atoms with Crippen LogP contribution in [0.5, 0.6) is 0 Å². The Labute approximate surface area is 143 Å². The smallest absolute Gasteiger partial charge is 0.272 e. The number of phosphoric ester groups is 1. The van der Waals surface area contributed by atoms with Crippen molar-refractivity contribution in [3.8, 4) is 0 Å². The molecule has 1 atom stereocenters. The zero-order chi connectivity index (χ0) is 18.8. The molecule has 0 bridgehead atoms. The average Bonchev–Trinajstić information content (AvgIpc) is 2.34. The first kappa shape index (κ1) is 23.5. The van der Waals surface area contributed by atoms with E-state index in [1.165, 1.54) is 17.2 Å². The molecule has 0 aliphatic heterocycles. The Morgan fingerprint density at radius 1 is 0.875 bits per heavy atom. The first-order valence-electron chi connectivity index (χ1n) is 7.55. The van der Waals surface area contributed by atoms with Gasteiger partial charge in [-0.2, -0.15) is 0 Å². The molecule has 0 aliphatic carbocycles. The van der Waals surface area contributed by atoms with E-state index < -0.39 is 15.6 Å².